The van der Waals surface area contributed by atoms with E-state index in [0.717, 1.165) is 17.5 Å². The SMILES string of the molecule is CC(C)(C)c1ccc2c(c1)N(S(C)(=O)=O)CC(C(=O)N1CCc3ccccc3C1)O2. The molecular formula is C23H28N2O4S. The van der Waals surface area contributed by atoms with Crippen molar-refractivity contribution in [3.8, 4) is 5.75 Å². The summed E-state index contributed by atoms with van der Waals surface area (Å²) >= 11 is 0. The number of rotatable bonds is 2. The van der Waals surface area contributed by atoms with E-state index in [1.807, 2.05) is 30.3 Å². The Balaban J connectivity index is 1.63. The quantitative estimate of drug-likeness (QED) is 0.737. The number of amides is 1. The van der Waals surface area contributed by atoms with Crippen molar-refractivity contribution < 1.29 is 17.9 Å². The van der Waals surface area contributed by atoms with E-state index in [4.69, 9.17) is 4.74 Å². The molecule has 0 spiro atoms. The fraction of sp³-hybridized carbons (Fsp3) is 0.435. The Morgan fingerprint density at radius 3 is 2.47 bits per heavy atom. The molecule has 2 aromatic rings. The third kappa shape index (κ3) is 3.90. The summed E-state index contributed by atoms with van der Waals surface area (Å²) in [6, 6.07) is 13.7. The van der Waals surface area contributed by atoms with Crippen LogP contribution >= 0.6 is 0 Å². The Morgan fingerprint density at radius 1 is 1.10 bits per heavy atom. The Kier molecular flexibility index (Phi) is 5.04. The van der Waals surface area contributed by atoms with E-state index in [0.29, 0.717) is 24.5 Å². The molecule has 0 radical (unpaired) electrons. The molecule has 0 fully saturated rings. The Hall–Kier alpha value is -2.54. The first-order valence-corrected chi connectivity index (χ1v) is 12.0. The number of hydrogen-bond acceptors (Lipinski definition) is 4. The van der Waals surface area contributed by atoms with Gasteiger partial charge < -0.3 is 9.64 Å². The lowest BCUT2D eigenvalue weighted by molar-refractivity contribution is -0.139. The third-order valence-corrected chi connectivity index (χ3v) is 6.96. The van der Waals surface area contributed by atoms with Crippen LogP contribution in [0.4, 0.5) is 5.69 Å². The molecule has 2 aromatic carbocycles. The molecule has 0 aliphatic carbocycles. The minimum absolute atomic E-state index is 0.0175. The summed E-state index contributed by atoms with van der Waals surface area (Å²) in [4.78, 5) is 15.0. The maximum atomic E-state index is 13.3. The fourth-order valence-electron chi connectivity index (χ4n) is 4.05. The number of anilines is 1. The molecule has 0 aromatic heterocycles. The summed E-state index contributed by atoms with van der Waals surface area (Å²) in [5.74, 6) is 0.249. The lowest BCUT2D eigenvalue weighted by atomic mass is 9.86. The first-order chi connectivity index (χ1) is 14.0. The Labute approximate surface area is 178 Å². The van der Waals surface area contributed by atoms with Crippen molar-refractivity contribution in [1.82, 2.24) is 4.90 Å². The van der Waals surface area contributed by atoms with Crippen LogP contribution in [0.3, 0.4) is 0 Å². The van der Waals surface area contributed by atoms with Crippen LogP contribution in [0.2, 0.25) is 0 Å². The van der Waals surface area contributed by atoms with Crippen LogP contribution in [0.5, 0.6) is 5.75 Å². The first kappa shape index (κ1) is 20.7. The third-order valence-electron chi connectivity index (χ3n) is 5.81. The van der Waals surface area contributed by atoms with E-state index in [1.165, 1.54) is 16.1 Å². The molecule has 6 nitrogen and oxygen atoms in total. The minimum Gasteiger partial charge on any atom is -0.476 e. The largest absolute Gasteiger partial charge is 0.476 e. The molecule has 0 bridgehead atoms. The monoisotopic (exact) mass is 428 g/mol. The van der Waals surface area contributed by atoms with Gasteiger partial charge in [0.1, 0.15) is 5.75 Å². The van der Waals surface area contributed by atoms with Gasteiger partial charge in [0, 0.05) is 13.1 Å². The molecule has 0 saturated carbocycles. The van der Waals surface area contributed by atoms with Gasteiger partial charge in [0.15, 0.2) is 6.10 Å². The number of sulfonamides is 1. The number of carbonyl (C=O) groups excluding carboxylic acids is 1. The highest BCUT2D eigenvalue weighted by atomic mass is 32.2. The number of carbonyl (C=O) groups is 1. The van der Waals surface area contributed by atoms with Crippen molar-refractivity contribution in [3.05, 3.63) is 59.2 Å². The topological polar surface area (TPSA) is 66.9 Å². The number of fused-ring (bicyclic) bond motifs is 2. The van der Waals surface area contributed by atoms with Crippen molar-refractivity contribution in [3.63, 3.8) is 0 Å². The second-order valence-corrected chi connectivity index (χ2v) is 11.0. The van der Waals surface area contributed by atoms with E-state index < -0.39 is 16.1 Å². The van der Waals surface area contributed by atoms with E-state index in [-0.39, 0.29) is 17.9 Å². The van der Waals surface area contributed by atoms with Crippen LogP contribution < -0.4 is 9.04 Å². The van der Waals surface area contributed by atoms with Crippen LogP contribution in [0, 0.1) is 0 Å². The van der Waals surface area contributed by atoms with Crippen LogP contribution in [0.25, 0.3) is 0 Å². The molecular weight excluding hydrogens is 400 g/mol. The van der Waals surface area contributed by atoms with Gasteiger partial charge in [0.05, 0.1) is 18.5 Å². The molecule has 0 saturated heterocycles. The van der Waals surface area contributed by atoms with E-state index in [1.54, 1.807) is 11.0 Å². The number of ether oxygens (including phenoxy) is 1. The van der Waals surface area contributed by atoms with Gasteiger partial charge in [-0.3, -0.25) is 9.10 Å². The zero-order valence-corrected chi connectivity index (χ0v) is 18.7. The summed E-state index contributed by atoms with van der Waals surface area (Å²) in [7, 11) is -3.56. The maximum absolute atomic E-state index is 13.3. The van der Waals surface area contributed by atoms with Gasteiger partial charge in [0.2, 0.25) is 10.0 Å². The van der Waals surface area contributed by atoms with Crippen molar-refractivity contribution >= 4 is 21.6 Å². The summed E-state index contributed by atoms with van der Waals surface area (Å²) in [5.41, 5.74) is 3.76. The first-order valence-electron chi connectivity index (χ1n) is 10.2. The smallest absolute Gasteiger partial charge is 0.265 e. The highest BCUT2D eigenvalue weighted by Crippen LogP contribution is 2.39. The highest BCUT2D eigenvalue weighted by molar-refractivity contribution is 7.92. The molecule has 4 rings (SSSR count). The van der Waals surface area contributed by atoms with Crippen LogP contribution in [-0.4, -0.2) is 44.7 Å². The van der Waals surface area contributed by atoms with E-state index >= 15 is 0 Å². The molecule has 30 heavy (non-hydrogen) atoms. The fourth-order valence-corrected chi connectivity index (χ4v) is 4.95. The van der Waals surface area contributed by atoms with Crippen molar-refractivity contribution in [2.75, 3.05) is 23.7 Å². The molecule has 1 amide bonds. The predicted octanol–water partition coefficient (Wildman–Crippen LogP) is 3.10. The zero-order valence-electron chi connectivity index (χ0n) is 17.9. The van der Waals surface area contributed by atoms with Gasteiger partial charge in [-0.05, 0) is 40.7 Å². The van der Waals surface area contributed by atoms with Gasteiger partial charge in [-0.1, -0.05) is 51.1 Å². The van der Waals surface area contributed by atoms with Crippen molar-refractivity contribution in [1.29, 1.82) is 0 Å². The Bertz CT molecular complexity index is 1090. The summed E-state index contributed by atoms with van der Waals surface area (Å²) < 4.78 is 32.5. The minimum atomic E-state index is -3.56. The lowest BCUT2D eigenvalue weighted by Crippen LogP contribution is -2.52. The van der Waals surface area contributed by atoms with Gasteiger partial charge in [-0.15, -0.1) is 0 Å². The zero-order chi connectivity index (χ0) is 21.7. The standard InChI is InChI=1S/C23H28N2O4S/c1-23(2,3)18-9-10-20-19(13-18)25(30(4,27)28)15-21(29-20)22(26)24-12-11-16-7-5-6-8-17(16)14-24/h5-10,13,21H,11-12,14-15H2,1-4H3. The second-order valence-electron chi connectivity index (χ2n) is 9.11. The molecule has 7 heteroatoms. The molecule has 160 valence electrons. The average Bonchev–Trinajstić information content (AvgIpc) is 2.70. The summed E-state index contributed by atoms with van der Waals surface area (Å²) in [6.07, 6.45) is 1.10. The van der Waals surface area contributed by atoms with Gasteiger partial charge in [0.25, 0.3) is 5.91 Å². The number of benzene rings is 2. The second kappa shape index (κ2) is 7.30. The molecule has 2 aliphatic rings. The number of hydrogen-bond donors (Lipinski definition) is 0. The summed E-state index contributed by atoms with van der Waals surface area (Å²) in [6.45, 7) is 7.32. The normalized spacial score (nSPS) is 19.0. The van der Waals surface area contributed by atoms with Crippen molar-refractivity contribution in [2.45, 2.75) is 45.3 Å². The van der Waals surface area contributed by atoms with Crippen LogP contribution in [-0.2, 0) is 33.2 Å². The maximum Gasteiger partial charge on any atom is 0.265 e. The lowest BCUT2D eigenvalue weighted by Gasteiger charge is -2.38. The molecule has 2 heterocycles. The number of nitrogens with zero attached hydrogens (tertiary/aromatic N) is 2. The Morgan fingerprint density at radius 2 is 1.80 bits per heavy atom. The molecule has 1 unspecified atom stereocenters. The molecule has 0 N–H and O–H groups in total. The van der Waals surface area contributed by atoms with Gasteiger partial charge in [-0.2, -0.15) is 0 Å². The summed E-state index contributed by atoms with van der Waals surface area (Å²) in [5, 5.41) is 0. The average molecular weight is 429 g/mol. The molecule has 1 atom stereocenters. The van der Waals surface area contributed by atoms with E-state index in [9.17, 15) is 13.2 Å². The molecule has 2 aliphatic heterocycles. The van der Waals surface area contributed by atoms with Gasteiger partial charge >= 0.3 is 0 Å². The van der Waals surface area contributed by atoms with Gasteiger partial charge in [-0.25, -0.2) is 8.42 Å². The van der Waals surface area contributed by atoms with Crippen molar-refractivity contribution in [2.24, 2.45) is 0 Å². The van der Waals surface area contributed by atoms with E-state index in [2.05, 4.69) is 26.8 Å². The highest BCUT2D eigenvalue weighted by Gasteiger charge is 2.38. The van der Waals surface area contributed by atoms with Crippen LogP contribution in [0.15, 0.2) is 42.5 Å². The van der Waals surface area contributed by atoms with Crippen LogP contribution in [0.1, 0.15) is 37.5 Å². The predicted molar refractivity (Wildman–Crippen MR) is 117 cm³/mol.